The highest BCUT2D eigenvalue weighted by Crippen LogP contribution is 2.27. The molecule has 1 atom stereocenters. The first-order chi connectivity index (χ1) is 6.77. The minimum atomic E-state index is 0. The van der Waals surface area contributed by atoms with Gasteiger partial charge in [-0.15, -0.1) is 24.0 Å². The molecule has 2 rings (SSSR count). The summed E-state index contributed by atoms with van der Waals surface area (Å²) in [5.41, 5.74) is 1.26. The summed E-state index contributed by atoms with van der Waals surface area (Å²) >= 11 is 5.97. The van der Waals surface area contributed by atoms with Gasteiger partial charge in [0.1, 0.15) is 0 Å². The Bertz CT molecular complexity index is 372. The average Bonchev–Trinajstić information content (AvgIpc) is 2.23. The molecule has 1 heterocycles. The van der Waals surface area contributed by atoms with Crippen LogP contribution in [-0.4, -0.2) is 11.9 Å². The van der Waals surface area contributed by atoms with Crippen molar-refractivity contribution in [3.05, 3.63) is 59.3 Å². The number of hydrogen-bond donors (Lipinski definition) is 0. The van der Waals surface area contributed by atoms with Gasteiger partial charge in [0, 0.05) is 18.3 Å². The monoisotopic (exact) mass is 333 g/mol. The van der Waals surface area contributed by atoms with Crippen LogP contribution in [0.25, 0.3) is 0 Å². The molecule has 0 bridgehead atoms. The molecule has 0 saturated carbocycles. The van der Waals surface area contributed by atoms with Crippen LogP contribution in [0.2, 0.25) is 0 Å². The molecule has 1 aliphatic heterocycles. The fourth-order valence-electron chi connectivity index (χ4n) is 1.59. The van der Waals surface area contributed by atoms with Crippen LogP contribution < -0.4 is 0 Å². The summed E-state index contributed by atoms with van der Waals surface area (Å²) in [5, 5.41) is 0.803. The molecule has 0 aromatic heterocycles. The van der Waals surface area contributed by atoms with Gasteiger partial charge in [-0.2, -0.15) is 0 Å². The number of benzene rings is 1. The third-order valence-electron chi connectivity index (χ3n) is 2.37. The molecular weight excluding hydrogens is 320 g/mol. The van der Waals surface area contributed by atoms with Crippen LogP contribution in [0.5, 0.6) is 0 Å². The third-order valence-corrected chi connectivity index (χ3v) is 2.62. The number of allylic oxidation sites excluding steroid dienone is 2. The summed E-state index contributed by atoms with van der Waals surface area (Å²) in [7, 11) is 2.05. The van der Waals surface area contributed by atoms with Gasteiger partial charge in [-0.05, 0) is 17.7 Å². The average molecular weight is 334 g/mol. The second-order valence-electron chi connectivity index (χ2n) is 3.39. The summed E-state index contributed by atoms with van der Waals surface area (Å²) < 4.78 is 0. The summed E-state index contributed by atoms with van der Waals surface area (Å²) in [6.07, 6.45) is 5.96. The molecule has 0 radical (unpaired) electrons. The van der Waals surface area contributed by atoms with Crippen molar-refractivity contribution in [2.45, 2.75) is 6.04 Å². The van der Waals surface area contributed by atoms with Gasteiger partial charge in [-0.3, -0.25) is 0 Å². The van der Waals surface area contributed by atoms with Gasteiger partial charge in [0.15, 0.2) is 0 Å². The Balaban J connectivity index is 0.00000112. The zero-order valence-electron chi connectivity index (χ0n) is 8.43. The van der Waals surface area contributed by atoms with Crippen molar-refractivity contribution in [2.75, 3.05) is 7.05 Å². The Kier molecular flexibility index (Phi) is 4.67. The van der Waals surface area contributed by atoms with Crippen LogP contribution in [0, 0.1) is 0 Å². The van der Waals surface area contributed by atoms with E-state index >= 15 is 0 Å². The molecule has 0 aliphatic carbocycles. The molecule has 0 saturated heterocycles. The Morgan fingerprint density at radius 1 is 1.20 bits per heavy atom. The standard InChI is InChI=1S/C12H12ClN.HI/c1-14-8-7-11(13)9-12(14)10-5-3-2-4-6-10;/h2-9,12H,1H3;1H. The van der Waals surface area contributed by atoms with Crippen LogP contribution in [0.15, 0.2) is 53.7 Å². The summed E-state index contributed by atoms with van der Waals surface area (Å²) in [6.45, 7) is 0. The predicted octanol–water partition coefficient (Wildman–Crippen LogP) is 3.93. The van der Waals surface area contributed by atoms with E-state index < -0.39 is 0 Å². The van der Waals surface area contributed by atoms with Crippen LogP contribution in [0.1, 0.15) is 11.6 Å². The number of nitrogens with zero attached hydrogens (tertiary/aromatic N) is 1. The van der Waals surface area contributed by atoms with E-state index in [1.54, 1.807) is 0 Å². The predicted molar refractivity (Wildman–Crippen MR) is 75.4 cm³/mol. The van der Waals surface area contributed by atoms with E-state index in [1.807, 2.05) is 37.5 Å². The maximum Gasteiger partial charge on any atom is 0.0735 e. The zero-order valence-corrected chi connectivity index (χ0v) is 11.5. The zero-order chi connectivity index (χ0) is 9.97. The van der Waals surface area contributed by atoms with Gasteiger partial charge in [-0.1, -0.05) is 41.9 Å². The molecule has 0 fully saturated rings. The van der Waals surface area contributed by atoms with Gasteiger partial charge >= 0.3 is 0 Å². The Hall–Kier alpha value is -0.480. The van der Waals surface area contributed by atoms with E-state index in [2.05, 4.69) is 23.1 Å². The molecule has 1 aromatic rings. The highest BCUT2D eigenvalue weighted by molar-refractivity contribution is 14.0. The molecule has 1 nitrogen and oxygen atoms in total. The van der Waals surface area contributed by atoms with Gasteiger partial charge < -0.3 is 4.90 Å². The normalized spacial score (nSPS) is 19.5. The van der Waals surface area contributed by atoms with Gasteiger partial charge in [0.05, 0.1) is 6.04 Å². The Morgan fingerprint density at radius 3 is 2.53 bits per heavy atom. The molecule has 0 spiro atoms. The largest absolute Gasteiger partial charge is 0.370 e. The smallest absolute Gasteiger partial charge is 0.0735 e. The lowest BCUT2D eigenvalue weighted by Crippen LogP contribution is -2.19. The first-order valence-electron chi connectivity index (χ1n) is 4.60. The molecule has 0 N–H and O–H groups in total. The Labute approximate surface area is 112 Å². The van der Waals surface area contributed by atoms with Gasteiger partial charge in [0.2, 0.25) is 0 Å². The van der Waals surface area contributed by atoms with Crippen LogP contribution in [-0.2, 0) is 0 Å². The second-order valence-corrected chi connectivity index (χ2v) is 3.82. The summed E-state index contributed by atoms with van der Waals surface area (Å²) in [6, 6.07) is 10.6. The number of rotatable bonds is 1. The van der Waals surface area contributed by atoms with Crippen molar-refractivity contribution in [2.24, 2.45) is 0 Å². The molecule has 80 valence electrons. The maximum absolute atomic E-state index is 5.97. The molecule has 1 aromatic carbocycles. The van der Waals surface area contributed by atoms with Gasteiger partial charge in [-0.25, -0.2) is 0 Å². The maximum atomic E-state index is 5.97. The van der Waals surface area contributed by atoms with E-state index in [1.165, 1.54) is 5.56 Å². The molecule has 1 unspecified atom stereocenters. The lowest BCUT2D eigenvalue weighted by molar-refractivity contribution is 0.389. The van der Waals surface area contributed by atoms with Crippen molar-refractivity contribution >= 4 is 35.6 Å². The van der Waals surface area contributed by atoms with Crippen molar-refractivity contribution < 1.29 is 0 Å². The highest BCUT2D eigenvalue weighted by Gasteiger charge is 2.14. The first kappa shape index (κ1) is 12.6. The van der Waals surface area contributed by atoms with Crippen molar-refractivity contribution in [3.8, 4) is 0 Å². The van der Waals surface area contributed by atoms with E-state index in [9.17, 15) is 0 Å². The molecule has 1 aliphatic rings. The van der Waals surface area contributed by atoms with E-state index in [4.69, 9.17) is 11.6 Å². The number of likely N-dealkylation sites (N-methyl/N-ethyl adjacent to an activating group) is 1. The lowest BCUT2D eigenvalue weighted by Gasteiger charge is -2.27. The molecular formula is C12H13ClIN. The van der Waals surface area contributed by atoms with E-state index in [0.717, 1.165) is 5.03 Å². The molecule has 15 heavy (non-hydrogen) atoms. The van der Waals surface area contributed by atoms with Crippen LogP contribution in [0.3, 0.4) is 0 Å². The molecule has 3 heteroatoms. The fraction of sp³-hybridized carbons (Fsp3) is 0.167. The molecule has 0 amide bonds. The van der Waals surface area contributed by atoms with E-state index in [-0.39, 0.29) is 30.0 Å². The van der Waals surface area contributed by atoms with Crippen molar-refractivity contribution in [3.63, 3.8) is 0 Å². The number of hydrogen-bond acceptors (Lipinski definition) is 1. The minimum absolute atomic E-state index is 0. The summed E-state index contributed by atoms with van der Waals surface area (Å²) in [4.78, 5) is 2.14. The SMILES string of the molecule is CN1C=CC(Cl)=CC1c1ccccc1.I. The minimum Gasteiger partial charge on any atom is -0.370 e. The first-order valence-corrected chi connectivity index (χ1v) is 4.97. The number of halogens is 2. The topological polar surface area (TPSA) is 3.24 Å². The quantitative estimate of drug-likeness (QED) is 0.704. The Morgan fingerprint density at radius 2 is 1.87 bits per heavy atom. The van der Waals surface area contributed by atoms with Crippen molar-refractivity contribution in [1.29, 1.82) is 0 Å². The highest BCUT2D eigenvalue weighted by atomic mass is 127. The van der Waals surface area contributed by atoms with Crippen molar-refractivity contribution in [1.82, 2.24) is 4.90 Å². The third kappa shape index (κ3) is 2.98. The van der Waals surface area contributed by atoms with Crippen LogP contribution >= 0.6 is 35.6 Å². The fourth-order valence-corrected chi connectivity index (χ4v) is 1.76. The van der Waals surface area contributed by atoms with Gasteiger partial charge in [0.25, 0.3) is 0 Å². The van der Waals surface area contributed by atoms with E-state index in [0.29, 0.717) is 0 Å². The second kappa shape index (κ2) is 5.56. The summed E-state index contributed by atoms with van der Waals surface area (Å²) in [5.74, 6) is 0. The lowest BCUT2D eigenvalue weighted by atomic mass is 10.0. The van der Waals surface area contributed by atoms with Crippen LogP contribution in [0.4, 0.5) is 0 Å².